The quantitative estimate of drug-likeness (QED) is 0.646. The van der Waals surface area contributed by atoms with Gasteiger partial charge in [0.25, 0.3) is 0 Å². The largest absolute Gasteiger partial charge is 0.377 e. The van der Waals surface area contributed by atoms with Crippen LogP contribution in [0.3, 0.4) is 0 Å². The van der Waals surface area contributed by atoms with Gasteiger partial charge < -0.3 is 10.1 Å². The van der Waals surface area contributed by atoms with Crippen LogP contribution in [0.2, 0.25) is 0 Å². The average molecular weight is 281 g/mol. The maximum Gasteiger partial charge on any atom is 0.128 e. The van der Waals surface area contributed by atoms with Crippen molar-refractivity contribution in [3.63, 3.8) is 0 Å². The highest BCUT2D eigenvalue weighted by Gasteiger charge is 2.04. The number of benzene rings is 1. The molecule has 1 aromatic carbocycles. The molecule has 0 aromatic heterocycles. The van der Waals surface area contributed by atoms with Crippen molar-refractivity contribution in [1.82, 2.24) is 5.32 Å². The molecule has 0 aliphatic rings. The van der Waals surface area contributed by atoms with Gasteiger partial charge in [0.2, 0.25) is 0 Å². The normalized spacial score (nSPS) is 11.2. The van der Waals surface area contributed by atoms with Gasteiger partial charge in [-0.15, -0.1) is 0 Å². The second kappa shape index (κ2) is 9.89. The second-order valence-electron chi connectivity index (χ2n) is 5.71. The van der Waals surface area contributed by atoms with Crippen LogP contribution in [0.25, 0.3) is 0 Å². The van der Waals surface area contributed by atoms with Crippen molar-refractivity contribution in [2.45, 2.75) is 53.2 Å². The maximum atomic E-state index is 13.7. The van der Waals surface area contributed by atoms with Gasteiger partial charge >= 0.3 is 0 Å². The molecule has 1 N–H and O–H groups in total. The van der Waals surface area contributed by atoms with E-state index in [0.29, 0.717) is 24.7 Å². The lowest BCUT2D eigenvalue weighted by atomic mass is 10.1. The molecule has 114 valence electrons. The molecular formula is C17H28FNO. The first-order valence-electron chi connectivity index (χ1n) is 7.69. The lowest BCUT2D eigenvalue weighted by Gasteiger charge is -2.10. The van der Waals surface area contributed by atoms with E-state index in [-0.39, 0.29) is 5.82 Å². The molecule has 0 bridgehead atoms. The molecule has 0 saturated carbocycles. The van der Waals surface area contributed by atoms with Crippen LogP contribution in [0.4, 0.5) is 4.39 Å². The minimum atomic E-state index is -0.173. The van der Waals surface area contributed by atoms with Crippen molar-refractivity contribution in [2.24, 2.45) is 5.92 Å². The molecule has 0 unspecified atom stereocenters. The second-order valence-corrected chi connectivity index (χ2v) is 5.71. The molecule has 1 aromatic rings. The topological polar surface area (TPSA) is 21.3 Å². The number of nitrogens with one attached hydrogen (secondary N) is 1. The van der Waals surface area contributed by atoms with Gasteiger partial charge in [-0.05, 0) is 36.6 Å². The third-order valence-corrected chi connectivity index (χ3v) is 3.14. The Morgan fingerprint density at radius 1 is 1.25 bits per heavy atom. The van der Waals surface area contributed by atoms with Gasteiger partial charge in [-0.1, -0.05) is 39.7 Å². The summed E-state index contributed by atoms with van der Waals surface area (Å²) in [6.45, 7) is 9.34. The summed E-state index contributed by atoms with van der Waals surface area (Å²) in [4.78, 5) is 0. The predicted molar refractivity (Wildman–Crippen MR) is 82.1 cm³/mol. The zero-order chi connectivity index (χ0) is 14.8. The van der Waals surface area contributed by atoms with Gasteiger partial charge in [0.05, 0.1) is 6.61 Å². The summed E-state index contributed by atoms with van der Waals surface area (Å²) in [5, 5.41) is 3.37. The fourth-order valence-corrected chi connectivity index (χ4v) is 1.99. The smallest absolute Gasteiger partial charge is 0.128 e. The summed E-state index contributed by atoms with van der Waals surface area (Å²) >= 11 is 0. The van der Waals surface area contributed by atoms with Gasteiger partial charge in [-0.3, -0.25) is 0 Å². The Balaban J connectivity index is 2.40. The van der Waals surface area contributed by atoms with Gasteiger partial charge in [0, 0.05) is 18.7 Å². The molecule has 0 heterocycles. The van der Waals surface area contributed by atoms with Crippen molar-refractivity contribution in [2.75, 3.05) is 13.2 Å². The molecule has 3 heteroatoms. The SMILES string of the molecule is CCCCCOCc1cc(CNCC(C)C)ccc1F. The summed E-state index contributed by atoms with van der Waals surface area (Å²) < 4.78 is 19.2. The van der Waals surface area contributed by atoms with Gasteiger partial charge in [0.15, 0.2) is 0 Å². The molecule has 20 heavy (non-hydrogen) atoms. The first-order chi connectivity index (χ1) is 9.63. The molecule has 2 nitrogen and oxygen atoms in total. The summed E-state index contributed by atoms with van der Waals surface area (Å²) in [7, 11) is 0. The van der Waals surface area contributed by atoms with Crippen molar-refractivity contribution in [1.29, 1.82) is 0 Å². The summed E-state index contributed by atoms with van der Waals surface area (Å²) in [6.07, 6.45) is 3.39. The van der Waals surface area contributed by atoms with E-state index in [0.717, 1.165) is 25.1 Å². The van der Waals surface area contributed by atoms with E-state index >= 15 is 0 Å². The van der Waals surface area contributed by atoms with Crippen LogP contribution in [-0.2, 0) is 17.9 Å². The molecule has 0 atom stereocenters. The van der Waals surface area contributed by atoms with Gasteiger partial charge in [-0.2, -0.15) is 0 Å². The molecule has 0 amide bonds. The summed E-state index contributed by atoms with van der Waals surface area (Å²) in [5.41, 5.74) is 1.77. The zero-order valence-electron chi connectivity index (χ0n) is 13.0. The number of hydrogen-bond donors (Lipinski definition) is 1. The zero-order valence-corrected chi connectivity index (χ0v) is 13.0. The van der Waals surface area contributed by atoms with Crippen LogP contribution in [0.15, 0.2) is 18.2 Å². The fraction of sp³-hybridized carbons (Fsp3) is 0.647. The van der Waals surface area contributed by atoms with Crippen molar-refractivity contribution in [3.05, 3.63) is 35.1 Å². The number of ether oxygens (including phenoxy) is 1. The minimum absolute atomic E-state index is 0.173. The number of halogens is 1. The molecule has 0 fully saturated rings. The van der Waals surface area contributed by atoms with E-state index in [4.69, 9.17) is 4.74 Å². The molecular weight excluding hydrogens is 253 g/mol. The Morgan fingerprint density at radius 2 is 2.05 bits per heavy atom. The Labute approximate surface area is 122 Å². The molecule has 0 aliphatic heterocycles. The molecule has 0 radical (unpaired) electrons. The van der Waals surface area contributed by atoms with Gasteiger partial charge in [0.1, 0.15) is 5.82 Å². The number of unbranched alkanes of at least 4 members (excludes halogenated alkanes) is 2. The lowest BCUT2D eigenvalue weighted by Crippen LogP contribution is -2.19. The Hall–Kier alpha value is -0.930. The van der Waals surface area contributed by atoms with Crippen LogP contribution < -0.4 is 5.32 Å². The highest BCUT2D eigenvalue weighted by molar-refractivity contribution is 5.24. The molecule has 1 rings (SSSR count). The number of hydrogen-bond acceptors (Lipinski definition) is 2. The van der Waals surface area contributed by atoms with Crippen molar-refractivity contribution in [3.8, 4) is 0 Å². The van der Waals surface area contributed by atoms with Crippen LogP contribution in [0.1, 0.15) is 51.2 Å². The van der Waals surface area contributed by atoms with Gasteiger partial charge in [-0.25, -0.2) is 4.39 Å². The summed E-state index contributed by atoms with van der Waals surface area (Å²) in [5.74, 6) is 0.449. The third-order valence-electron chi connectivity index (χ3n) is 3.14. The highest BCUT2D eigenvalue weighted by atomic mass is 19.1. The van der Waals surface area contributed by atoms with Crippen LogP contribution in [0.5, 0.6) is 0 Å². The van der Waals surface area contributed by atoms with E-state index < -0.39 is 0 Å². The molecule has 0 saturated heterocycles. The van der Waals surface area contributed by atoms with Crippen molar-refractivity contribution >= 4 is 0 Å². The van der Waals surface area contributed by atoms with Crippen LogP contribution in [-0.4, -0.2) is 13.2 Å². The van der Waals surface area contributed by atoms with E-state index in [2.05, 4.69) is 26.1 Å². The highest BCUT2D eigenvalue weighted by Crippen LogP contribution is 2.12. The van der Waals surface area contributed by atoms with E-state index in [9.17, 15) is 4.39 Å². The molecule has 0 aliphatic carbocycles. The minimum Gasteiger partial charge on any atom is -0.377 e. The monoisotopic (exact) mass is 281 g/mol. The van der Waals surface area contributed by atoms with Crippen molar-refractivity contribution < 1.29 is 9.13 Å². The predicted octanol–water partition coefficient (Wildman–Crippen LogP) is 4.28. The molecule has 0 spiro atoms. The number of rotatable bonds is 10. The Morgan fingerprint density at radius 3 is 2.75 bits per heavy atom. The first kappa shape index (κ1) is 17.1. The fourth-order valence-electron chi connectivity index (χ4n) is 1.99. The van der Waals surface area contributed by atoms with E-state index in [1.807, 2.05) is 12.1 Å². The average Bonchev–Trinajstić information content (AvgIpc) is 2.41. The van der Waals surface area contributed by atoms with Crippen LogP contribution >= 0.6 is 0 Å². The van der Waals surface area contributed by atoms with E-state index in [1.54, 1.807) is 0 Å². The summed E-state index contributed by atoms with van der Waals surface area (Å²) in [6, 6.07) is 5.28. The Bertz CT molecular complexity index is 379. The lowest BCUT2D eigenvalue weighted by molar-refractivity contribution is 0.114. The Kier molecular flexibility index (Phi) is 8.47. The first-order valence-corrected chi connectivity index (χ1v) is 7.69. The maximum absolute atomic E-state index is 13.7. The van der Waals surface area contributed by atoms with E-state index in [1.165, 1.54) is 18.9 Å². The standard InChI is InChI=1S/C17H28FNO/c1-4-5-6-9-20-13-16-10-15(7-8-17(16)18)12-19-11-14(2)3/h7-8,10,14,19H,4-6,9,11-13H2,1-3H3. The third kappa shape index (κ3) is 7.01. The van der Waals surface area contributed by atoms with Crippen LogP contribution in [0, 0.1) is 11.7 Å².